The van der Waals surface area contributed by atoms with E-state index in [-0.39, 0.29) is 31.4 Å². The first-order chi connectivity index (χ1) is 8.61. The van der Waals surface area contributed by atoms with E-state index in [4.69, 9.17) is 20.7 Å². The molecule has 1 atom stereocenters. The summed E-state index contributed by atoms with van der Waals surface area (Å²) in [6.45, 7) is -0.367. The Morgan fingerprint density at radius 1 is 1.61 bits per heavy atom. The minimum Gasteiger partial charge on any atom is -0.394 e. The molecule has 0 spiro atoms. The van der Waals surface area contributed by atoms with Crippen LogP contribution in [-0.4, -0.2) is 49.0 Å². The molecule has 0 radical (unpaired) electrons. The first-order valence-electron chi connectivity index (χ1n) is 5.19. The summed E-state index contributed by atoms with van der Waals surface area (Å²) in [7, 11) is 0. The van der Waals surface area contributed by atoms with Gasteiger partial charge in [-0.3, -0.25) is 14.3 Å². The van der Waals surface area contributed by atoms with Crippen molar-refractivity contribution in [3.8, 4) is 0 Å². The average molecular weight is 255 g/mol. The monoisotopic (exact) mass is 255 g/mol. The third kappa shape index (κ3) is 2.47. The number of nitrogens with two attached hydrogens (primary N) is 1. The summed E-state index contributed by atoms with van der Waals surface area (Å²) in [6, 6.07) is 0. The average Bonchev–Trinajstić information content (AvgIpc) is 2.72. The van der Waals surface area contributed by atoms with Crippen molar-refractivity contribution in [1.82, 2.24) is 19.5 Å². The number of anilines is 1. The molecule has 0 bridgehead atoms. The lowest BCUT2D eigenvalue weighted by atomic mass is 10.4. The normalized spacial score (nSPS) is 13.0. The number of nitrogens with zero attached hydrogens (tertiary/aromatic N) is 3. The van der Waals surface area contributed by atoms with Crippen molar-refractivity contribution in [1.29, 1.82) is 0 Å². The van der Waals surface area contributed by atoms with Gasteiger partial charge in [-0.15, -0.1) is 0 Å². The van der Waals surface area contributed by atoms with Gasteiger partial charge in [-0.2, -0.15) is 4.98 Å². The second-order valence-corrected chi connectivity index (χ2v) is 3.67. The van der Waals surface area contributed by atoms with Crippen molar-refractivity contribution in [2.75, 3.05) is 18.9 Å². The van der Waals surface area contributed by atoms with Crippen LogP contribution in [0.1, 0.15) is 0 Å². The highest BCUT2D eigenvalue weighted by atomic mass is 16.5. The summed E-state index contributed by atoms with van der Waals surface area (Å²) in [5.41, 5.74) is 5.47. The Morgan fingerprint density at radius 2 is 2.39 bits per heavy atom. The summed E-state index contributed by atoms with van der Waals surface area (Å²) in [6.07, 6.45) is 0.443. The fourth-order valence-electron chi connectivity index (χ4n) is 1.41. The summed E-state index contributed by atoms with van der Waals surface area (Å²) in [5.74, 6) is -0.00959. The Balaban J connectivity index is 2.17. The van der Waals surface area contributed by atoms with E-state index >= 15 is 0 Å². The van der Waals surface area contributed by atoms with Crippen LogP contribution in [0, 0.1) is 0 Å². The highest BCUT2D eigenvalue weighted by Gasteiger charge is 2.09. The fourth-order valence-corrected chi connectivity index (χ4v) is 1.41. The number of aliphatic hydroxyl groups is 2. The second kappa shape index (κ2) is 5.12. The molecule has 0 saturated heterocycles. The van der Waals surface area contributed by atoms with E-state index in [0.717, 1.165) is 0 Å². The smallest absolute Gasteiger partial charge is 0.280 e. The van der Waals surface area contributed by atoms with Gasteiger partial charge in [0.05, 0.1) is 19.5 Å². The maximum atomic E-state index is 11.5. The number of aromatic amines is 1. The van der Waals surface area contributed by atoms with Crippen molar-refractivity contribution in [2.45, 2.75) is 12.8 Å². The van der Waals surface area contributed by atoms with Gasteiger partial charge in [0.15, 0.2) is 11.2 Å². The number of aliphatic hydroxyl groups excluding tert-OH is 2. The molecule has 0 fully saturated rings. The van der Waals surface area contributed by atoms with Crippen LogP contribution in [-0.2, 0) is 11.5 Å². The van der Waals surface area contributed by atoms with Crippen LogP contribution in [0.3, 0.4) is 0 Å². The van der Waals surface area contributed by atoms with Crippen molar-refractivity contribution >= 4 is 17.1 Å². The van der Waals surface area contributed by atoms with E-state index in [1.54, 1.807) is 0 Å². The van der Waals surface area contributed by atoms with Gasteiger partial charge in [0.25, 0.3) is 5.56 Å². The van der Waals surface area contributed by atoms with Crippen LogP contribution in [0.25, 0.3) is 11.2 Å². The molecule has 9 nitrogen and oxygen atoms in total. The molecule has 18 heavy (non-hydrogen) atoms. The number of nitrogen functional groups attached to an aromatic ring is 1. The van der Waals surface area contributed by atoms with Crippen molar-refractivity contribution < 1.29 is 14.9 Å². The topological polar surface area (TPSA) is 139 Å². The lowest BCUT2D eigenvalue weighted by Crippen LogP contribution is -2.20. The number of hydrogen-bond acceptors (Lipinski definition) is 7. The first kappa shape index (κ1) is 12.5. The van der Waals surface area contributed by atoms with Gasteiger partial charge < -0.3 is 20.7 Å². The standard InChI is InChI=1S/C9H13N5O4/c10-9-12-7-6(8(17)13-9)11-3-14(7)4-18-2-5(16)1-15/h3,5,15-16H,1-2,4H2,(H3,10,12,13,17)/t5-/m0/s1. The Hall–Kier alpha value is -1.97. The third-order valence-corrected chi connectivity index (χ3v) is 2.24. The van der Waals surface area contributed by atoms with Crippen LogP contribution >= 0.6 is 0 Å². The molecule has 0 amide bonds. The summed E-state index contributed by atoms with van der Waals surface area (Å²) < 4.78 is 6.62. The molecule has 9 heteroatoms. The van der Waals surface area contributed by atoms with Gasteiger partial charge >= 0.3 is 0 Å². The van der Waals surface area contributed by atoms with E-state index in [1.165, 1.54) is 10.9 Å². The van der Waals surface area contributed by atoms with Gasteiger partial charge in [0, 0.05) is 0 Å². The van der Waals surface area contributed by atoms with E-state index < -0.39 is 11.7 Å². The van der Waals surface area contributed by atoms with E-state index in [9.17, 15) is 4.79 Å². The molecule has 0 aromatic carbocycles. The lowest BCUT2D eigenvalue weighted by Gasteiger charge is -2.08. The molecule has 0 aliphatic heterocycles. The van der Waals surface area contributed by atoms with Gasteiger partial charge in [-0.1, -0.05) is 0 Å². The molecule has 98 valence electrons. The third-order valence-electron chi connectivity index (χ3n) is 2.24. The predicted molar refractivity (Wildman–Crippen MR) is 61.6 cm³/mol. The Labute approximate surface area is 101 Å². The summed E-state index contributed by atoms with van der Waals surface area (Å²) in [5, 5.41) is 17.7. The quantitative estimate of drug-likeness (QED) is 0.485. The molecule has 2 aromatic rings. The number of imidazole rings is 1. The first-order valence-corrected chi connectivity index (χ1v) is 5.19. The van der Waals surface area contributed by atoms with Crippen LogP contribution in [0.15, 0.2) is 11.1 Å². The molecule has 0 aliphatic carbocycles. The lowest BCUT2D eigenvalue weighted by molar-refractivity contribution is -0.0163. The van der Waals surface area contributed by atoms with Crippen molar-refractivity contribution in [2.24, 2.45) is 0 Å². The molecule has 2 aromatic heterocycles. The summed E-state index contributed by atoms with van der Waals surface area (Å²) >= 11 is 0. The van der Waals surface area contributed by atoms with E-state index in [0.29, 0.717) is 5.65 Å². The molecule has 0 aliphatic rings. The Kier molecular flexibility index (Phi) is 3.55. The largest absolute Gasteiger partial charge is 0.394 e. The molecular formula is C9H13N5O4. The molecule has 2 rings (SSSR count). The van der Waals surface area contributed by atoms with Gasteiger partial charge in [-0.05, 0) is 0 Å². The minimum absolute atomic E-state index is 0.00959. The number of aromatic nitrogens is 4. The Morgan fingerprint density at radius 3 is 3.11 bits per heavy atom. The zero-order valence-electron chi connectivity index (χ0n) is 9.41. The van der Waals surface area contributed by atoms with Crippen LogP contribution in [0.5, 0.6) is 0 Å². The maximum Gasteiger partial charge on any atom is 0.280 e. The fraction of sp³-hybridized carbons (Fsp3) is 0.444. The Bertz CT molecular complexity index is 592. The van der Waals surface area contributed by atoms with Crippen molar-refractivity contribution in [3.63, 3.8) is 0 Å². The van der Waals surface area contributed by atoms with Crippen LogP contribution in [0.4, 0.5) is 5.95 Å². The number of fused-ring (bicyclic) bond motifs is 1. The minimum atomic E-state index is -0.943. The van der Waals surface area contributed by atoms with Gasteiger partial charge in [0.1, 0.15) is 12.8 Å². The molecular weight excluding hydrogens is 242 g/mol. The van der Waals surface area contributed by atoms with Crippen LogP contribution < -0.4 is 11.3 Å². The van der Waals surface area contributed by atoms with E-state index in [1.807, 2.05) is 0 Å². The molecule has 5 N–H and O–H groups in total. The number of rotatable bonds is 5. The highest BCUT2D eigenvalue weighted by molar-refractivity contribution is 5.70. The second-order valence-electron chi connectivity index (χ2n) is 3.67. The molecule has 2 heterocycles. The molecule has 0 saturated carbocycles. The number of H-pyrrole nitrogens is 1. The zero-order valence-corrected chi connectivity index (χ0v) is 9.41. The van der Waals surface area contributed by atoms with Gasteiger partial charge in [0.2, 0.25) is 5.95 Å². The number of ether oxygens (including phenoxy) is 1. The SMILES string of the molecule is Nc1nc2c(ncn2COC[C@@H](O)CO)c(=O)[nH]1. The van der Waals surface area contributed by atoms with Crippen molar-refractivity contribution in [3.05, 3.63) is 16.7 Å². The maximum absolute atomic E-state index is 11.5. The number of nitrogens with one attached hydrogen (secondary N) is 1. The highest BCUT2D eigenvalue weighted by Crippen LogP contribution is 2.06. The van der Waals surface area contributed by atoms with E-state index in [2.05, 4.69) is 15.0 Å². The summed E-state index contributed by atoms with van der Waals surface area (Å²) in [4.78, 5) is 21.6. The zero-order chi connectivity index (χ0) is 13.1. The number of hydrogen-bond donors (Lipinski definition) is 4. The van der Waals surface area contributed by atoms with Gasteiger partial charge in [-0.25, -0.2) is 4.98 Å². The molecule has 0 unspecified atom stereocenters. The van der Waals surface area contributed by atoms with Crippen LogP contribution in [0.2, 0.25) is 0 Å². The predicted octanol–water partition coefficient (Wildman–Crippen LogP) is -1.97.